The summed E-state index contributed by atoms with van der Waals surface area (Å²) in [4.78, 5) is -0.0666. The molecule has 0 spiro atoms. The van der Waals surface area contributed by atoms with Gasteiger partial charge in [0.05, 0.1) is 10.5 Å². The van der Waals surface area contributed by atoms with Crippen molar-refractivity contribution in [2.45, 2.75) is 31.3 Å². The van der Waals surface area contributed by atoms with Crippen molar-refractivity contribution < 1.29 is 18.1 Å². The lowest BCUT2D eigenvalue weighted by molar-refractivity contribution is 0.0898. The molecule has 17 heavy (non-hydrogen) atoms. The molecule has 0 radical (unpaired) electrons. The van der Waals surface area contributed by atoms with E-state index in [1.807, 2.05) is 6.92 Å². The van der Waals surface area contributed by atoms with Crippen LogP contribution in [0.5, 0.6) is 0 Å². The van der Waals surface area contributed by atoms with Crippen molar-refractivity contribution in [1.82, 2.24) is 0 Å². The van der Waals surface area contributed by atoms with Crippen LogP contribution in [-0.2, 0) is 10.1 Å². The molecule has 0 heterocycles. The van der Waals surface area contributed by atoms with Gasteiger partial charge >= 0.3 is 0 Å². The fourth-order valence-corrected chi connectivity index (χ4v) is 1.19. The molecule has 0 aromatic heterocycles. The van der Waals surface area contributed by atoms with Crippen LogP contribution in [0.15, 0.2) is 29.2 Å². The number of aryl methyl sites for hydroxylation is 1. The van der Waals surface area contributed by atoms with Crippen LogP contribution in [-0.4, -0.2) is 30.2 Å². The van der Waals surface area contributed by atoms with E-state index in [0.717, 1.165) is 5.56 Å². The highest BCUT2D eigenvalue weighted by Gasteiger charge is 2.07. The highest BCUT2D eigenvalue weighted by atomic mass is 32.2. The maximum Gasteiger partial charge on any atom is 0.294 e. The normalized spacial score (nSPS) is 11.6. The van der Waals surface area contributed by atoms with Crippen molar-refractivity contribution in [2.75, 3.05) is 6.54 Å². The summed E-state index contributed by atoms with van der Waals surface area (Å²) in [5.41, 5.74) is 5.33. The monoisotopic (exact) mass is 261 g/mol. The SMILES string of the molecule is CC(C)(O)CN.Cc1ccc(S(=O)(=O)O)cc1. The lowest BCUT2D eigenvalue weighted by Crippen LogP contribution is -2.29. The number of hydrogen-bond acceptors (Lipinski definition) is 4. The van der Waals surface area contributed by atoms with Gasteiger partial charge in [0.1, 0.15) is 0 Å². The summed E-state index contributed by atoms with van der Waals surface area (Å²) in [6, 6.07) is 5.99. The summed E-state index contributed by atoms with van der Waals surface area (Å²) < 4.78 is 29.6. The Morgan fingerprint density at radius 2 is 1.59 bits per heavy atom. The first-order chi connectivity index (χ1) is 7.56. The maximum atomic E-state index is 10.5. The Bertz CT molecular complexity index is 432. The Kier molecular flexibility index (Phi) is 5.77. The predicted molar refractivity (Wildman–Crippen MR) is 66.3 cm³/mol. The van der Waals surface area contributed by atoms with Gasteiger partial charge in [-0.25, -0.2) is 0 Å². The third-order valence-corrected chi connectivity index (χ3v) is 2.69. The average Bonchev–Trinajstić information content (AvgIpc) is 2.17. The number of rotatable bonds is 2. The molecule has 1 aromatic rings. The van der Waals surface area contributed by atoms with Gasteiger partial charge in [-0.05, 0) is 32.9 Å². The van der Waals surface area contributed by atoms with Gasteiger partial charge in [0.2, 0.25) is 0 Å². The van der Waals surface area contributed by atoms with Crippen LogP contribution in [0.2, 0.25) is 0 Å². The van der Waals surface area contributed by atoms with Crippen LogP contribution >= 0.6 is 0 Å². The smallest absolute Gasteiger partial charge is 0.294 e. The molecule has 0 bridgehead atoms. The minimum absolute atomic E-state index is 0.0666. The molecular formula is C11H19NO4S. The summed E-state index contributed by atoms with van der Waals surface area (Å²) in [5, 5.41) is 8.70. The van der Waals surface area contributed by atoms with Crippen LogP contribution in [0.1, 0.15) is 19.4 Å². The molecule has 0 saturated heterocycles. The van der Waals surface area contributed by atoms with E-state index >= 15 is 0 Å². The summed E-state index contributed by atoms with van der Waals surface area (Å²) in [7, 11) is -4.02. The van der Waals surface area contributed by atoms with Gasteiger partial charge in [0.25, 0.3) is 10.1 Å². The molecule has 0 saturated carbocycles. The molecule has 6 heteroatoms. The zero-order chi connectivity index (χ0) is 13.7. The molecule has 5 nitrogen and oxygen atoms in total. The summed E-state index contributed by atoms with van der Waals surface area (Å²) in [6.45, 7) is 5.51. The minimum atomic E-state index is -4.02. The zero-order valence-corrected chi connectivity index (χ0v) is 11.0. The van der Waals surface area contributed by atoms with Crippen LogP contribution in [0.4, 0.5) is 0 Å². The summed E-state index contributed by atoms with van der Waals surface area (Å²) >= 11 is 0. The average molecular weight is 261 g/mol. The van der Waals surface area contributed by atoms with Crippen molar-refractivity contribution in [3.8, 4) is 0 Å². The number of aliphatic hydroxyl groups is 1. The largest absolute Gasteiger partial charge is 0.389 e. The first kappa shape index (κ1) is 16.1. The molecule has 0 fully saturated rings. The van der Waals surface area contributed by atoms with Gasteiger partial charge in [0.15, 0.2) is 0 Å². The Hall–Kier alpha value is -0.950. The number of benzene rings is 1. The van der Waals surface area contributed by atoms with Gasteiger partial charge < -0.3 is 10.8 Å². The van der Waals surface area contributed by atoms with Gasteiger partial charge in [0, 0.05) is 6.54 Å². The molecule has 0 aliphatic heterocycles. The molecule has 4 N–H and O–H groups in total. The summed E-state index contributed by atoms with van der Waals surface area (Å²) in [6.07, 6.45) is 0. The quantitative estimate of drug-likeness (QED) is 0.688. The van der Waals surface area contributed by atoms with Gasteiger partial charge in [-0.3, -0.25) is 4.55 Å². The minimum Gasteiger partial charge on any atom is -0.389 e. The molecule has 98 valence electrons. The molecule has 0 amide bonds. The zero-order valence-electron chi connectivity index (χ0n) is 10.2. The van der Waals surface area contributed by atoms with E-state index in [0.29, 0.717) is 6.54 Å². The lowest BCUT2D eigenvalue weighted by Gasteiger charge is -2.11. The standard InChI is InChI=1S/C7H8O3S.C4H11NO/c1-6-2-4-7(5-3-6)11(8,9)10;1-4(2,6)3-5/h2-5H,1H3,(H,8,9,10);6H,3,5H2,1-2H3. The summed E-state index contributed by atoms with van der Waals surface area (Å²) in [5.74, 6) is 0. The van der Waals surface area contributed by atoms with Crippen molar-refractivity contribution in [3.05, 3.63) is 29.8 Å². The highest BCUT2D eigenvalue weighted by Crippen LogP contribution is 2.08. The van der Waals surface area contributed by atoms with Crippen LogP contribution in [0.25, 0.3) is 0 Å². The topological polar surface area (TPSA) is 101 Å². The van der Waals surface area contributed by atoms with Gasteiger partial charge in [-0.15, -0.1) is 0 Å². The molecule has 0 aliphatic rings. The second-order valence-electron chi connectivity index (χ2n) is 4.30. The fraction of sp³-hybridized carbons (Fsp3) is 0.455. The molecule has 0 unspecified atom stereocenters. The van der Waals surface area contributed by atoms with Crippen molar-refractivity contribution in [3.63, 3.8) is 0 Å². The molecule has 1 rings (SSSR count). The second-order valence-corrected chi connectivity index (χ2v) is 5.73. The van der Waals surface area contributed by atoms with Crippen LogP contribution in [0.3, 0.4) is 0 Å². The van der Waals surface area contributed by atoms with Gasteiger partial charge in [-0.2, -0.15) is 8.42 Å². The van der Waals surface area contributed by atoms with E-state index in [-0.39, 0.29) is 4.90 Å². The number of nitrogens with two attached hydrogens (primary N) is 1. The van der Waals surface area contributed by atoms with E-state index in [1.165, 1.54) is 12.1 Å². The Labute approximate surface area is 102 Å². The first-order valence-corrected chi connectivity index (χ1v) is 6.47. The molecular weight excluding hydrogens is 242 g/mol. The van der Waals surface area contributed by atoms with Gasteiger partial charge in [-0.1, -0.05) is 17.7 Å². The predicted octanol–water partition coefficient (Wildman–Crippen LogP) is 0.958. The molecule has 1 aromatic carbocycles. The Balaban J connectivity index is 0.000000366. The number of hydrogen-bond donors (Lipinski definition) is 3. The van der Waals surface area contributed by atoms with Crippen molar-refractivity contribution in [1.29, 1.82) is 0 Å². The second kappa shape index (κ2) is 6.11. The maximum absolute atomic E-state index is 10.5. The van der Waals surface area contributed by atoms with E-state index in [4.69, 9.17) is 15.4 Å². The highest BCUT2D eigenvalue weighted by molar-refractivity contribution is 7.85. The molecule has 0 atom stereocenters. The molecule has 0 aliphatic carbocycles. The van der Waals surface area contributed by atoms with E-state index in [9.17, 15) is 8.42 Å². The van der Waals surface area contributed by atoms with E-state index in [2.05, 4.69) is 0 Å². The first-order valence-electron chi connectivity index (χ1n) is 5.03. The van der Waals surface area contributed by atoms with Crippen molar-refractivity contribution >= 4 is 10.1 Å². The van der Waals surface area contributed by atoms with Crippen LogP contribution < -0.4 is 5.73 Å². The Morgan fingerprint density at radius 1 is 1.24 bits per heavy atom. The van der Waals surface area contributed by atoms with E-state index in [1.54, 1.807) is 26.0 Å². The fourth-order valence-electron chi connectivity index (χ4n) is 0.710. The third-order valence-electron chi connectivity index (χ3n) is 1.82. The Morgan fingerprint density at radius 3 is 1.82 bits per heavy atom. The van der Waals surface area contributed by atoms with Crippen LogP contribution in [0, 0.1) is 6.92 Å². The lowest BCUT2D eigenvalue weighted by atomic mass is 10.1. The third kappa shape index (κ3) is 7.87. The van der Waals surface area contributed by atoms with Crippen molar-refractivity contribution in [2.24, 2.45) is 5.73 Å². The van der Waals surface area contributed by atoms with E-state index < -0.39 is 15.7 Å².